The first-order valence-corrected chi connectivity index (χ1v) is 12.9. The minimum absolute atomic E-state index is 0.0376. The third-order valence-corrected chi connectivity index (χ3v) is 11.7. The largest absolute Gasteiger partial charge is 0.300 e. The molecule has 1 fully saturated rings. The Kier molecular flexibility index (Phi) is 4.34. The van der Waals surface area contributed by atoms with Crippen LogP contribution < -0.4 is 5.30 Å². The molecule has 0 spiro atoms. The highest BCUT2D eigenvalue weighted by molar-refractivity contribution is 7.71. The minimum atomic E-state index is -3.07. The van der Waals surface area contributed by atoms with E-state index in [0.29, 0.717) is 0 Å². The molecule has 0 bridgehead atoms. The van der Waals surface area contributed by atoms with Gasteiger partial charge in [0, 0.05) is 17.3 Å². The van der Waals surface area contributed by atoms with Crippen LogP contribution in [0.25, 0.3) is 16.8 Å². The van der Waals surface area contributed by atoms with Crippen LogP contribution in [0.3, 0.4) is 0 Å². The van der Waals surface area contributed by atoms with Crippen molar-refractivity contribution in [3.05, 3.63) is 120 Å². The predicted molar refractivity (Wildman–Crippen MR) is 134 cm³/mol. The van der Waals surface area contributed by atoms with Crippen molar-refractivity contribution >= 4 is 29.4 Å². The summed E-state index contributed by atoms with van der Waals surface area (Å²) in [5.74, 6) is 0.106. The van der Waals surface area contributed by atoms with E-state index in [4.69, 9.17) is 0 Å². The third-order valence-electron chi connectivity index (χ3n) is 7.69. The lowest BCUT2D eigenvalue weighted by Crippen LogP contribution is -2.34. The van der Waals surface area contributed by atoms with Crippen molar-refractivity contribution in [3.8, 4) is 0 Å². The first-order valence-electron chi connectivity index (χ1n) is 11.2. The Morgan fingerprint density at radius 1 is 0.812 bits per heavy atom. The van der Waals surface area contributed by atoms with Crippen LogP contribution in [0.5, 0.6) is 0 Å². The summed E-state index contributed by atoms with van der Waals surface area (Å²) in [5, 5.41) is 2.66. The Morgan fingerprint density at radius 3 is 2.34 bits per heavy atom. The maximum Gasteiger partial charge on any atom is 0.190 e. The fraction of sp³-hybridized carbons (Fsp3) is 0.172. The van der Waals surface area contributed by atoms with Crippen LogP contribution in [-0.4, -0.2) is 11.7 Å². The lowest BCUT2D eigenvalue weighted by molar-refractivity contribution is 0.332. The van der Waals surface area contributed by atoms with E-state index in [-0.39, 0.29) is 12.0 Å². The van der Waals surface area contributed by atoms with Gasteiger partial charge in [0.05, 0.1) is 5.16 Å². The zero-order chi connectivity index (χ0) is 21.9. The molecule has 2 aliphatic rings. The van der Waals surface area contributed by atoms with Gasteiger partial charge in [-0.05, 0) is 47.5 Å². The van der Waals surface area contributed by atoms with Crippen LogP contribution in [0.2, 0.25) is 0 Å². The fourth-order valence-electron chi connectivity index (χ4n) is 6.16. The van der Waals surface area contributed by atoms with Crippen molar-refractivity contribution in [2.24, 2.45) is 5.92 Å². The summed E-state index contributed by atoms with van der Waals surface area (Å²) in [6, 6.07) is 33.7. The Morgan fingerprint density at radius 2 is 1.50 bits per heavy atom. The van der Waals surface area contributed by atoms with E-state index in [9.17, 15) is 0 Å². The summed E-state index contributed by atoms with van der Waals surface area (Å²) in [6.45, 7) is 2.24. The topological polar surface area (TPSA) is 20.3 Å². The SMILES string of the molecule is CN1[C@@H](c2ccccc2)[C@H]2C=Cc3ccccc3[C@@]2(C)P1(=O)c1cccc2ccccc12. The Balaban J connectivity index is 1.70. The zero-order valence-corrected chi connectivity index (χ0v) is 19.2. The summed E-state index contributed by atoms with van der Waals surface area (Å²) in [7, 11) is -1.00. The van der Waals surface area contributed by atoms with E-state index in [0.717, 1.165) is 16.1 Å². The molecule has 1 heterocycles. The molecular weight excluding hydrogens is 409 g/mol. The van der Waals surface area contributed by atoms with Crippen molar-refractivity contribution < 1.29 is 4.57 Å². The Hall–Kier alpha value is -2.93. The highest BCUT2D eigenvalue weighted by atomic mass is 31.2. The molecule has 0 N–H and O–H groups in total. The van der Waals surface area contributed by atoms with Gasteiger partial charge in [0.25, 0.3) is 0 Å². The summed E-state index contributed by atoms with van der Waals surface area (Å²) >= 11 is 0. The van der Waals surface area contributed by atoms with E-state index in [1.54, 1.807) is 0 Å². The van der Waals surface area contributed by atoms with Gasteiger partial charge in [-0.25, -0.2) is 4.67 Å². The monoisotopic (exact) mass is 435 g/mol. The molecule has 4 atom stereocenters. The second-order valence-corrected chi connectivity index (χ2v) is 12.3. The number of fused-ring (bicyclic) bond motifs is 4. The van der Waals surface area contributed by atoms with Crippen LogP contribution >= 0.6 is 7.29 Å². The maximum atomic E-state index is 15.7. The third kappa shape index (κ3) is 2.43. The molecule has 1 saturated heterocycles. The number of benzene rings is 4. The number of rotatable bonds is 2. The van der Waals surface area contributed by atoms with E-state index in [1.807, 2.05) is 6.07 Å². The van der Waals surface area contributed by atoms with Crippen LogP contribution in [0.1, 0.15) is 29.7 Å². The van der Waals surface area contributed by atoms with Gasteiger partial charge in [-0.2, -0.15) is 0 Å². The first-order chi connectivity index (χ1) is 15.6. The molecular formula is C29H26NOP. The van der Waals surface area contributed by atoms with Gasteiger partial charge in [-0.1, -0.05) is 103 Å². The molecule has 4 aromatic carbocycles. The molecule has 6 rings (SSSR count). The molecule has 0 amide bonds. The lowest BCUT2D eigenvalue weighted by atomic mass is 9.74. The van der Waals surface area contributed by atoms with Crippen molar-refractivity contribution in [1.82, 2.24) is 4.67 Å². The number of nitrogens with zero attached hydrogens (tertiary/aromatic N) is 1. The van der Waals surface area contributed by atoms with Gasteiger partial charge in [0.15, 0.2) is 7.29 Å². The Bertz CT molecular complexity index is 1400. The van der Waals surface area contributed by atoms with Gasteiger partial charge in [-0.3, -0.25) is 0 Å². The second kappa shape index (κ2) is 7.04. The molecule has 4 aromatic rings. The molecule has 3 heteroatoms. The van der Waals surface area contributed by atoms with Crippen molar-refractivity contribution in [3.63, 3.8) is 0 Å². The zero-order valence-electron chi connectivity index (χ0n) is 18.3. The summed E-state index contributed by atoms with van der Waals surface area (Å²) in [4.78, 5) is 0. The van der Waals surface area contributed by atoms with Crippen molar-refractivity contribution in [2.45, 2.75) is 18.1 Å². The molecule has 1 unspecified atom stereocenters. The fourth-order valence-corrected chi connectivity index (χ4v) is 10.3. The van der Waals surface area contributed by atoms with Gasteiger partial charge in [0.1, 0.15) is 0 Å². The van der Waals surface area contributed by atoms with Crippen LogP contribution in [-0.2, 0) is 9.72 Å². The van der Waals surface area contributed by atoms with Crippen LogP contribution in [0.4, 0.5) is 0 Å². The highest BCUT2D eigenvalue weighted by Crippen LogP contribution is 2.78. The molecule has 0 aromatic heterocycles. The van der Waals surface area contributed by atoms with Crippen LogP contribution in [0, 0.1) is 5.92 Å². The number of hydrogen-bond donors (Lipinski definition) is 0. The first kappa shape index (κ1) is 19.7. The van der Waals surface area contributed by atoms with Crippen molar-refractivity contribution in [2.75, 3.05) is 7.05 Å². The van der Waals surface area contributed by atoms with E-state index in [2.05, 4.69) is 122 Å². The molecule has 32 heavy (non-hydrogen) atoms. The predicted octanol–water partition coefficient (Wildman–Crippen LogP) is 6.99. The molecule has 2 nitrogen and oxygen atoms in total. The van der Waals surface area contributed by atoms with E-state index >= 15 is 4.57 Å². The average Bonchev–Trinajstić information content (AvgIpc) is 3.03. The quantitative estimate of drug-likeness (QED) is 0.316. The second-order valence-electron chi connectivity index (χ2n) is 9.12. The summed E-state index contributed by atoms with van der Waals surface area (Å²) in [6.07, 6.45) is 4.53. The standard InChI is InChI=1S/C29H26NOP/c1-29-25-17-9-7-12-22(25)19-20-26(29)28(23-13-4-3-5-14-23)30(2)32(29,31)27-18-10-15-21-11-6-8-16-24(21)27/h3-20,26,28H,1-2H3/t26-,28+,29-,32?/m1/s1. The van der Waals surface area contributed by atoms with Crippen molar-refractivity contribution in [1.29, 1.82) is 0 Å². The van der Waals surface area contributed by atoms with Gasteiger partial charge < -0.3 is 4.57 Å². The van der Waals surface area contributed by atoms with Gasteiger partial charge in [-0.15, -0.1) is 0 Å². The summed E-state index contributed by atoms with van der Waals surface area (Å²) in [5.41, 5.74) is 3.58. The highest BCUT2D eigenvalue weighted by Gasteiger charge is 2.65. The minimum Gasteiger partial charge on any atom is -0.300 e. The average molecular weight is 436 g/mol. The molecule has 1 aliphatic heterocycles. The Labute approximate surface area is 189 Å². The smallest absolute Gasteiger partial charge is 0.190 e. The maximum absolute atomic E-state index is 15.7. The normalized spacial score (nSPS) is 29.1. The van der Waals surface area contributed by atoms with E-state index < -0.39 is 12.4 Å². The number of hydrogen-bond acceptors (Lipinski definition) is 1. The molecule has 158 valence electrons. The lowest BCUT2D eigenvalue weighted by Gasteiger charge is -2.40. The molecule has 1 aliphatic carbocycles. The molecule has 0 radical (unpaired) electrons. The van der Waals surface area contributed by atoms with Crippen LogP contribution in [0.15, 0.2) is 103 Å². The van der Waals surface area contributed by atoms with Gasteiger partial charge >= 0.3 is 0 Å². The van der Waals surface area contributed by atoms with E-state index in [1.165, 1.54) is 16.7 Å². The van der Waals surface area contributed by atoms with Gasteiger partial charge in [0.2, 0.25) is 0 Å². The molecule has 0 saturated carbocycles. The summed E-state index contributed by atoms with van der Waals surface area (Å²) < 4.78 is 17.9.